The smallest absolute Gasteiger partial charge is 0.335 e. The van der Waals surface area contributed by atoms with Crippen LogP contribution < -0.4 is 4.74 Å². The molecule has 0 unspecified atom stereocenters. The van der Waals surface area contributed by atoms with Crippen LogP contribution in [0.3, 0.4) is 0 Å². The predicted octanol–water partition coefficient (Wildman–Crippen LogP) is 4.00. The van der Waals surface area contributed by atoms with E-state index in [0.717, 1.165) is 12.1 Å². The molecular weight excluding hydrogens is 334 g/mol. The highest BCUT2D eigenvalue weighted by atomic mass is 79.9. The summed E-state index contributed by atoms with van der Waals surface area (Å²) >= 11 is 3.23. The standard InChI is InChI=1S/C14H9BrF2O3/c15-10-3-2-9(14(18)19)6-13(10)20-7-8-1-4-11(16)12(17)5-8/h1-6H,7H2,(H,18,19). The van der Waals surface area contributed by atoms with Gasteiger partial charge in [0.25, 0.3) is 0 Å². The molecule has 0 bridgehead atoms. The Morgan fingerprint density at radius 2 is 1.90 bits per heavy atom. The Morgan fingerprint density at radius 1 is 1.15 bits per heavy atom. The van der Waals surface area contributed by atoms with E-state index in [1.807, 2.05) is 0 Å². The summed E-state index contributed by atoms with van der Waals surface area (Å²) in [4.78, 5) is 10.9. The normalized spacial score (nSPS) is 10.3. The van der Waals surface area contributed by atoms with E-state index in [-0.39, 0.29) is 12.2 Å². The van der Waals surface area contributed by atoms with Gasteiger partial charge >= 0.3 is 5.97 Å². The molecule has 2 rings (SSSR count). The van der Waals surface area contributed by atoms with Crippen molar-refractivity contribution in [2.45, 2.75) is 6.61 Å². The first-order valence-electron chi connectivity index (χ1n) is 5.57. The summed E-state index contributed by atoms with van der Waals surface area (Å²) in [6.07, 6.45) is 0. The third kappa shape index (κ3) is 3.33. The van der Waals surface area contributed by atoms with Gasteiger partial charge in [-0.15, -0.1) is 0 Å². The minimum Gasteiger partial charge on any atom is -0.488 e. The fourth-order valence-corrected chi connectivity index (χ4v) is 1.90. The molecule has 2 aromatic carbocycles. The lowest BCUT2D eigenvalue weighted by atomic mass is 10.2. The van der Waals surface area contributed by atoms with E-state index >= 15 is 0 Å². The molecule has 6 heteroatoms. The third-order valence-electron chi connectivity index (χ3n) is 2.56. The Kier molecular flexibility index (Phi) is 4.34. The highest BCUT2D eigenvalue weighted by molar-refractivity contribution is 9.10. The molecule has 0 fully saturated rings. The van der Waals surface area contributed by atoms with Gasteiger partial charge in [0.1, 0.15) is 12.4 Å². The van der Waals surface area contributed by atoms with E-state index < -0.39 is 17.6 Å². The topological polar surface area (TPSA) is 46.5 Å². The van der Waals surface area contributed by atoms with Gasteiger partial charge in [0, 0.05) is 0 Å². The van der Waals surface area contributed by atoms with E-state index in [2.05, 4.69) is 15.9 Å². The van der Waals surface area contributed by atoms with Crippen molar-refractivity contribution in [3.05, 3.63) is 63.6 Å². The van der Waals surface area contributed by atoms with Crippen LogP contribution in [0.2, 0.25) is 0 Å². The zero-order valence-corrected chi connectivity index (χ0v) is 11.7. The number of ether oxygens (including phenoxy) is 1. The number of carboxylic acids is 1. The lowest BCUT2D eigenvalue weighted by Gasteiger charge is -2.09. The fourth-order valence-electron chi connectivity index (χ4n) is 1.54. The molecule has 0 aliphatic heterocycles. The van der Waals surface area contributed by atoms with E-state index in [4.69, 9.17) is 9.84 Å². The molecule has 0 amide bonds. The van der Waals surface area contributed by atoms with Gasteiger partial charge in [-0.2, -0.15) is 0 Å². The highest BCUT2D eigenvalue weighted by Gasteiger charge is 2.09. The maximum Gasteiger partial charge on any atom is 0.335 e. The zero-order valence-electron chi connectivity index (χ0n) is 10.1. The number of rotatable bonds is 4. The van der Waals surface area contributed by atoms with Crippen molar-refractivity contribution in [3.8, 4) is 5.75 Å². The second-order valence-electron chi connectivity index (χ2n) is 3.99. The quantitative estimate of drug-likeness (QED) is 0.913. The van der Waals surface area contributed by atoms with E-state index in [0.29, 0.717) is 15.8 Å². The Hall–Kier alpha value is -1.95. The molecule has 0 aromatic heterocycles. The maximum atomic E-state index is 13.0. The van der Waals surface area contributed by atoms with Crippen LogP contribution in [0, 0.1) is 11.6 Å². The van der Waals surface area contributed by atoms with Gasteiger partial charge in [-0.05, 0) is 51.8 Å². The first-order chi connectivity index (χ1) is 9.47. The summed E-state index contributed by atoms with van der Waals surface area (Å²) < 4.78 is 31.8. The van der Waals surface area contributed by atoms with E-state index in [1.54, 1.807) is 6.07 Å². The van der Waals surface area contributed by atoms with Crippen LogP contribution in [0.4, 0.5) is 8.78 Å². The first kappa shape index (κ1) is 14.5. The lowest BCUT2D eigenvalue weighted by Crippen LogP contribution is -2.00. The number of hydrogen-bond donors (Lipinski definition) is 1. The Bertz CT molecular complexity index is 659. The molecule has 1 N–H and O–H groups in total. The van der Waals surface area contributed by atoms with Crippen LogP contribution in [0.1, 0.15) is 15.9 Å². The second-order valence-corrected chi connectivity index (χ2v) is 4.84. The Morgan fingerprint density at radius 3 is 2.55 bits per heavy atom. The van der Waals surface area contributed by atoms with Gasteiger partial charge in [0.2, 0.25) is 0 Å². The van der Waals surface area contributed by atoms with Gasteiger partial charge in [-0.1, -0.05) is 6.07 Å². The van der Waals surface area contributed by atoms with Crippen molar-refractivity contribution in [2.24, 2.45) is 0 Å². The molecule has 2 aromatic rings. The maximum absolute atomic E-state index is 13.0. The fraction of sp³-hybridized carbons (Fsp3) is 0.0714. The Balaban J connectivity index is 2.15. The second kappa shape index (κ2) is 6.00. The molecule has 0 radical (unpaired) electrons. The number of halogens is 3. The van der Waals surface area contributed by atoms with Crippen molar-refractivity contribution in [3.63, 3.8) is 0 Å². The summed E-state index contributed by atoms with van der Waals surface area (Å²) in [5.41, 5.74) is 0.519. The van der Waals surface area contributed by atoms with Crippen LogP contribution in [0.5, 0.6) is 5.75 Å². The third-order valence-corrected chi connectivity index (χ3v) is 3.21. The molecule has 0 saturated carbocycles. The number of carboxylic acid groups (broad SMARTS) is 1. The SMILES string of the molecule is O=C(O)c1ccc(Br)c(OCc2ccc(F)c(F)c2)c1. The van der Waals surface area contributed by atoms with Crippen molar-refractivity contribution in [2.75, 3.05) is 0 Å². The first-order valence-corrected chi connectivity index (χ1v) is 6.36. The van der Waals surface area contributed by atoms with Crippen molar-refractivity contribution in [1.82, 2.24) is 0 Å². The van der Waals surface area contributed by atoms with Gasteiger partial charge in [-0.3, -0.25) is 0 Å². The molecule has 0 atom stereocenters. The summed E-state index contributed by atoms with van der Waals surface area (Å²) in [6, 6.07) is 7.77. The molecular formula is C14H9BrF2O3. The molecule has 20 heavy (non-hydrogen) atoms. The summed E-state index contributed by atoms with van der Waals surface area (Å²) in [5.74, 6) is -2.64. The molecule has 0 spiro atoms. The zero-order chi connectivity index (χ0) is 14.7. The highest BCUT2D eigenvalue weighted by Crippen LogP contribution is 2.27. The largest absolute Gasteiger partial charge is 0.488 e. The predicted molar refractivity (Wildman–Crippen MR) is 71.8 cm³/mol. The van der Waals surface area contributed by atoms with Crippen LogP contribution in [-0.2, 0) is 6.61 Å². The van der Waals surface area contributed by atoms with Gasteiger partial charge in [-0.25, -0.2) is 13.6 Å². The summed E-state index contributed by atoms with van der Waals surface area (Å²) in [6.45, 7) is -0.00112. The molecule has 104 valence electrons. The van der Waals surface area contributed by atoms with Crippen molar-refractivity contribution < 1.29 is 23.4 Å². The van der Waals surface area contributed by atoms with Gasteiger partial charge in [0.15, 0.2) is 11.6 Å². The molecule has 0 aliphatic carbocycles. The minimum absolute atomic E-state index is 0.00112. The van der Waals surface area contributed by atoms with Crippen LogP contribution in [0.25, 0.3) is 0 Å². The summed E-state index contributed by atoms with van der Waals surface area (Å²) in [5, 5.41) is 8.89. The number of hydrogen-bond acceptors (Lipinski definition) is 2. The van der Waals surface area contributed by atoms with E-state index in [9.17, 15) is 13.6 Å². The van der Waals surface area contributed by atoms with Crippen LogP contribution in [0.15, 0.2) is 40.9 Å². The minimum atomic E-state index is -1.07. The number of carbonyl (C=O) groups is 1. The Labute approximate surface area is 121 Å². The lowest BCUT2D eigenvalue weighted by molar-refractivity contribution is 0.0696. The number of benzene rings is 2. The number of aromatic carboxylic acids is 1. The van der Waals surface area contributed by atoms with Crippen LogP contribution >= 0.6 is 15.9 Å². The van der Waals surface area contributed by atoms with Crippen molar-refractivity contribution >= 4 is 21.9 Å². The van der Waals surface area contributed by atoms with Crippen LogP contribution in [-0.4, -0.2) is 11.1 Å². The van der Waals surface area contributed by atoms with E-state index in [1.165, 1.54) is 18.2 Å². The molecule has 0 heterocycles. The average Bonchev–Trinajstić information content (AvgIpc) is 2.41. The summed E-state index contributed by atoms with van der Waals surface area (Å²) in [7, 11) is 0. The van der Waals surface area contributed by atoms with Crippen molar-refractivity contribution in [1.29, 1.82) is 0 Å². The molecule has 3 nitrogen and oxygen atoms in total. The molecule has 0 aliphatic rings. The average molecular weight is 343 g/mol. The van der Waals surface area contributed by atoms with Gasteiger partial charge in [0.05, 0.1) is 10.0 Å². The van der Waals surface area contributed by atoms with Gasteiger partial charge < -0.3 is 9.84 Å². The molecule has 0 saturated heterocycles. The monoisotopic (exact) mass is 342 g/mol.